The molecule has 2 heterocycles. The van der Waals surface area contributed by atoms with E-state index in [4.69, 9.17) is 33.7 Å². The van der Waals surface area contributed by atoms with Gasteiger partial charge in [-0.25, -0.2) is 0 Å². The van der Waals surface area contributed by atoms with E-state index in [1.165, 1.54) is 0 Å². The second kappa shape index (κ2) is 4.71. The van der Waals surface area contributed by atoms with Crippen molar-refractivity contribution < 1.29 is 26.3 Å². The van der Waals surface area contributed by atoms with E-state index >= 15 is 0 Å². The summed E-state index contributed by atoms with van der Waals surface area (Å²) in [5.74, 6) is -3.92. The van der Waals surface area contributed by atoms with Crippen LogP contribution < -0.4 is 0 Å². The predicted octanol–water partition coefficient (Wildman–Crippen LogP) is 5.59. The van der Waals surface area contributed by atoms with E-state index in [1.54, 1.807) is 0 Å². The summed E-state index contributed by atoms with van der Waals surface area (Å²) in [4.78, 5) is -1.88. The van der Waals surface area contributed by atoms with Crippen LogP contribution in [0.3, 0.4) is 0 Å². The fraction of sp³-hybridized carbons (Fsp3) is 0.667. The molecule has 0 aromatic carbocycles. The molecule has 0 aliphatic carbocycles. The summed E-state index contributed by atoms with van der Waals surface area (Å²) in [7, 11) is -1.73. The van der Waals surface area contributed by atoms with E-state index in [1.807, 2.05) is 0 Å². The molecule has 1 saturated heterocycles. The SMILES string of the molecule is CN1P2(=NC(C(F)(F)F)=NC(C(F)(F)F)=N2)N(C)P1(Cl)(Cl)Cl. The Morgan fingerprint density at radius 1 is 0.909 bits per heavy atom. The molecule has 1 fully saturated rings. The monoisotopic (exact) mass is 429 g/mol. The minimum absolute atomic E-state index is 0.773. The number of aliphatic imine (C=N–C) groups is 1. The molecule has 0 atom stereocenters. The van der Waals surface area contributed by atoms with Gasteiger partial charge in [0, 0.05) is 0 Å². The van der Waals surface area contributed by atoms with E-state index in [2.05, 4.69) is 14.5 Å². The normalized spacial score (nSPS) is 34.0. The van der Waals surface area contributed by atoms with E-state index in [0.717, 1.165) is 23.0 Å². The first-order valence-electron chi connectivity index (χ1n) is 5.13. The van der Waals surface area contributed by atoms with Crippen LogP contribution in [0.25, 0.3) is 0 Å². The van der Waals surface area contributed by atoms with Crippen molar-refractivity contribution in [2.45, 2.75) is 12.4 Å². The Kier molecular flexibility index (Phi) is 4.01. The van der Waals surface area contributed by atoms with Crippen LogP contribution in [-0.4, -0.2) is 47.0 Å². The molecular weight excluding hydrogens is 424 g/mol. The van der Waals surface area contributed by atoms with Crippen molar-refractivity contribution in [3.8, 4) is 0 Å². The molecule has 16 heteroatoms. The molecule has 0 aromatic heterocycles. The van der Waals surface area contributed by atoms with Gasteiger partial charge in [0.15, 0.2) is 0 Å². The van der Waals surface area contributed by atoms with Crippen molar-refractivity contribution in [3.63, 3.8) is 0 Å². The number of hydrogen-bond acceptors (Lipinski definition) is 5. The van der Waals surface area contributed by atoms with Crippen molar-refractivity contribution in [1.29, 1.82) is 0 Å². The van der Waals surface area contributed by atoms with Gasteiger partial charge in [-0.05, 0) is 0 Å². The fourth-order valence-corrected chi connectivity index (χ4v) is 13.1. The van der Waals surface area contributed by atoms with Crippen LogP contribution in [0.1, 0.15) is 0 Å². The topological polar surface area (TPSA) is 43.6 Å². The van der Waals surface area contributed by atoms with E-state index < -0.39 is 36.5 Å². The second-order valence-corrected chi connectivity index (χ2v) is 17.5. The number of rotatable bonds is 0. The average molecular weight is 430 g/mol. The second-order valence-electron chi connectivity index (χ2n) is 4.20. The molecule has 0 radical (unpaired) electrons. The first-order chi connectivity index (χ1) is 9.51. The molecule has 0 N–H and O–H groups in total. The van der Waals surface area contributed by atoms with Gasteiger partial charge in [-0.2, -0.15) is 0 Å². The van der Waals surface area contributed by atoms with Crippen LogP contribution >= 0.6 is 46.2 Å². The Labute approximate surface area is 134 Å². The van der Waals surface area contributed by atoms with Crippen LogP contribution in [0.2, 0.25) is 0 Å². The summed E-state index contributed by atoms with van der Waals surface area (Å²) in [6, 6.07) is 0. The standard InChI is InChI=1S/C6H6Cl3F6N5P2/c1-19-21(20(2)22(19,7,8)9)17-3(5(10,11)12)16-4(18-21)6(13,14)15/h1-2H3. The molecule has 2 aliphatic rings. The van der Waals surface area contributed by atoms with Gasteiger partial charge >= 0.3 is 134 Å². The number of hydrogen-bond donors (Lipinski definition) is 0. The van der Waals surface area contributed by atoms with Crippen molar-refractivity contribution >= 4 is 57.9 Å². The Bertz CT molecular complexity index is 613. The van der Waals surface area contributed by atoms with Gasteiger partial charge in [-0.3, -0.25) is 0 Å². The molecule has 2 aliphatic heterocycles. The predicted molar refractivity (Wildman–Crippen MR) is 76.3 cm³/mol. The average Bonchev–Trinajstić information content (AvgIpc) is 2.33. The number of alkyl halides is 6. The Morgan fingerprint density at radius 3 is 1.68 bits per heavy atom. The molecule has 2 rings (SSSR count). The molecule has 128 valence electrons. The van der Waals surface area contributed by atoms with Gasteiger partial charge in [0.05, 0.1) is 0 Å². The quantitative estimate of drug-likeness (QED) is 0.371. The minimum atomic E-state index is -5.20. The zero-order valence-electron chi connectivity index (χ0n) is 10.5. The van der Waals surface area contributed by atoms with Gasteiger partial charge in [0.2, 0.25) is 0 Å². The number of amidine groups is 2. The molecule has 5 nitrogen and oxygen atoms in total. The van der Waals surface area contributed by atoms with Crippen LogP contribution in [-0.2, 0) is 0 Å². The summed E-state index contributed by atoms with van der Waals surface area (Å²) in [6.45, 7) is 0. The molecular formula is C6H6Cl3F6N5P2. The molecule has 22 heavy (non-hydrogen) atoms. The van der Waals surface area contributed by atoms with Gasteiger partial charge in [0.25, 0.3) is 0 Å². The Hall–Kier alpha value is 0.370. The summed E-state index contributed by atoms with van der Waals surface area (Å²) >= 11 is 17.8. The summed E-state index contributed by atoms with van der Waals surface area (Å²) < 4.78 is 84.8. The number of halogens is 9. The van der Waals surface area contributed by atoms with Crippen LogP contribution in [0.15, 0.2) is 14.5 Å². The van der Waals surface area contributed by atoms with Crippen molar-refractivity contribution in [2.75, 3.05) is 14.1 Å². The zero-order chi connectivity index (χ0) is 17.4. The molecule has 0 unspecified atom stereocenters. The molecule has 0 aromatic rings. The molecule has 0 saturated carbocycles. The first kappa shape index (κ1) is 18.7. The number of nitrogens with zero attached hydrogens (tertiary/aromatic N) is 5. The Balaban J connectivity index is 2.71. The van der Waals surface area contributed by atoms with Crippen LogP contribution in [0, 0.1) is 0 Å². The molecule has 0 amide bonds. The van der Waals surface area contributed by atoms with Crippen molar-refractivity contribution in [3.05, 3.63) is 0 Å². The van der Waals surface area contributed by atoms with Crippen LogP contribution in [0.5, 0.6) is 0 Å². The third kappa shape index (κ3) is 2.59. The summed E-state index contributed by atoms with van der Waals surface area (Å²) in [5.41, 5.74) is 0. The molecule has 1 spiro atoms. The van der Waals surface area contributed by atoms with E-state index in [0.29, 0.717) is 0 Å². The fourth-order valence-electron chi connectivity index (χ4n) is 1.64. The van der Waals surface area contributed by atoms with Crippen molar-refractivity contribution in [2.24, 2.45) is 14.5 Å². The maximum absolute atomic E-state index is 12.8. The van der Waals surface area contributed by atoms with Crippen LogP contribution in [0.4, 0.5) is 26.3 Å². The summed E-state index contributed by atoms with van der Waals surface area (Å²) in [6.07, 6.45) is -10.4. The third-order valence-corrected chi connectivity index (χ3v) is 16.7. The van der Waals surface area contributed by atoms with E-state index in [9.17, 15) is 26.3 Å². The van der Waals surface area contributed by atoms with E-state index in [-0.39, 0.29) is 0 Å². The zero-order valence-corrected chi connectivity index (χ0v) is 14.6. The third-order valence-electron chi connectivity index (χ3n) is 2.87. The van der Waals surface area contributed by atoms with Gasteiger partial charge < -0.3 is 0 Å². The van der Waals surface area contributed by atoms with Gasteiger partial charge in [0.1, 0.15) is 0 Å². The van der Waals surface area contributed by atoms with Crippen molar-refractivity contribution in [1.82, 2.24) is 8.88 Å². The molecule has 0 bridgehead atoms. The van der Waals surface area contributed by atoms with Gasteiger partial charge in [-0.1, -0.05) is 0 Å². The Morgan fingerprint density at radius 2 is 1.32 bits per heavy atom. The van der Waals surface area contributed by atoms with Gasteiger partial charge in [-0.15, -0.1) is 0 Å². The summed E-state index contributed by atoms with van der Waals surface area (Å²) in [5, 5.41) is 0. The maximum atomic E-state index is 12.8. The first-order valence-corrected chi connectivity index (χ1v) is 11.6.